The molecule has 0 aliphatic carbocycles. The van der Waals surface area contributed by atoms with Crippen molar-refractivity contribution in [3.63, 3.8) is 0 Å². The van der Waals surface area contributed by atoms with Gasteiger partial charge in [-0.25, -0.2) is 4.79 Å². The number of imide groups is 1. The number of hydrogen-bond acceptors (Lipinski definition) is 5. The molecule has 8 heteroatoms. The summed E-state index contributed by atoms with van der Waals surface area (Å²) in [5.74, 6) is -0.537. The van der Waals surface area contributed by atoms with Gasteiger partial charge in [-0.2, -0.15) is 0 Å². The summed E-state index contributed by atoms with van der Waals surface area (Å²) >= 11 is 5.74. The van der Waals surface area contributed by atoms with Gasteiger partial charge in [0.2, 0.25) is 5.91 Å². The summed E-state index contributed by atoms with van der Waals surface area (Å²) in [6.45, 7) is -0.294. The van der Waals surface area contributed by atoms with Crippen LogP contribution in [-0.2, 0) is 9.53 Å². The molecule has 2 rings (SSSR count). The molecule has 2 aliphatic rings. The molecule has 4 unspecified atom stereocenters. The van der Waals surface area contributed by atoms with Crippen molar-refractivity contribution in [1.29, 1.82) is 0 Å². The first-order valence-corrected chi connectivity index (χ1v) is 5.66. The number of nitrogens with one attached hydrogen (secondary N) is 1. The third-order valence-electron chi connectivity index (χ3n) is 2.86. The van der Waals surface area contributed by atoms with Gasteiger partial charge in [0.25, 0.3) is 0 Å². The van der Waals surface area contributed by atoms with Crippen molar-refractivity contribution in [2.24, 2.45) is 0 Å². The Morgan fingerprint density at radius 1 is 1.53 bits per heavy atom. The Morgan fingerprint density at radius 3 is 2.82 bits per heavy atom. The van der Waals surface area contributed by atoms with E-state index in [0.29, 0.717) is 0 Å². The van der Waals surface area contributed by atoms with E-state index in [4.69, 9.17) is 21.4 Å². The smallest absolute Gasteiger partial charge is 0.326 e. The Hall–Kier alpha value is -0.890. The van der Waals surface area contributed by atoms with Gasteiger partial charge in [-0.15, -0.1) is 11.6 Å². The molecule has 0 spiro atoms. The summed E-state index contributed by atoms with van der Waals surface area (Å²) in [4.78, 5) is 23.9. The second-order valence-electron chi connectivity index (χ2n) is 4.03. The quantitative estimate of drug-likeness (QED) is 0.534. The minimum atomic E-state index is -0.832. The molecule has 0 bridgehead atoms. The Labute approximate surface area is 102 Å². The van der Waals surface area contributed by atoms with E-state index >= 15 is 0 Å². The molecule has 96 valence electrons. The van der Waals surface area contributed by atoms with Crippen molar-refractivity contribution in [2.45, 2.75) is 30.2 Å². The zero-order chi connectivity index (χ0) is 12.6. The molecule has 2 aliphatic heterocycles. The average molecular weight is 265 g/mol. The number of rotatable bonds is 2. The lowest BCUT2D eigenvalue weighted by atomic mass is 10.2. The fourth-order valence-electron chi connectivity index (χ4n) is 1.91. The van der Waals surface area contributed by atoms with Crippen LogP contribution in [0.2, 0.25) is 0 Å². The van der Waals surface area contributed by atoms with Crippen molar-refractivity contribution >= 4 is 23.5 Å². The highest BCUT2D eigenvalue weighted by molar-refractivity contribution is 6.32. The van der Waals surface area contributed by atoms with Crippen LogP contribution in [0, 0.1) is 0 Å². The minimum absolute atomic E-state index is 0.0295. The molecule has 2 fully saturated rings. The zero-order valence-electron chi connectivity index (χ0n) is 8.88. The van der Waals surface area contributed by atoms with Crippen molar-refractivity contribution in [2.75, 3.05) is 13.2 Å². The normalized spacial score (nSPS) is 38.4. The number of amides is 3. The first kappa shape index (κ1) is 12.6. The van der Waals surface area contributed by atoms with E-state index in [0.717, 1.165) is 0 Å². The lowest BCUT2D eigenvalue weighted by molar-refractivity contribution is -0.123. The van der Waals surface area contributed by atoms with Crippen LogP contribution in [0.1, 0.15) is 6.42 Å². The van der Waals surface area contributed by atoms with Gasteiger partial charge in [-0.1, -0.05) is 0 Å². The van der Waals surface area contributed by atoms with Crippen molar-refractivity contribution in [3.05, 3.63) is 0 Å². The molecular formula is C9H13ClN2O5. The SMILES string of the molecule is O=C1NC(=O)N(C2CC(O)C(CO)O2)CC1Cl. The lowest BCUT2D eigenvalue weighted by Crippen LogP contribution is -2.58. The minimum Gasteiger partial charge on any atom is -0.394 e. The monoisotopic (exact) mass is 264 g/mol. The van der Waals surface area contributed by atoms with Gasteiger partial charge in [0.1, 0.15) is 17.7 Å². The molecule has 0 radical (unpaired) electrons. The maximum Gasteiger partial charge on any atom is 0.326 e. The van der Waals surface area contributed by atoms with Crippen LogP contribution in [0.3, 0.4) is 0 Å². The average Bonchev–Trinajstić information content (AvgIpc) is 2.65. The third-order valence-corrected chi connectivity index (χ3v) is 3.20. The van der Waals surface area contributed by atoms with E-state index in [9.17, 15) is 14.7 Å². The summed E-state index contributed by atoms with van der Waals surface area (Å²) < 4.78 is 5.31. The van der Waals surface area contributed by atoms with E-state index in [1.165, 1.54) is 4.90 Å². The Morgan fingerprint density at radius 2 is 2.24 bits per heavy atom. The van der Waals surface area contributed by atoms with Crippen LogP contribution >= 0.6 is 11.6 Å². The number of carbonyl (C=O) groups excluding carboxylic acids is 2. The van der Waals surface area contributed by atoms with Gasteiger partial charge in [-0.3, -0.25) is 15.0 Å². The van der Waals surface area contributed by atoms with Gasteiger partial charge in [0.05, 0.1) is 19.3 Å². The maximum absolute atomic E-state index is 11.6. The Balaban J connectivity index is 2.03. The first-order valence-electron chi connectivity index (χ1n) is 5.23. The highest BCUT2D eigenvalue weighted by Gasteiger charge is 2.42. The highest BCUT2D eigenvalue weighted by atomic mass is 35.5. The largest absolute Gasteiger partial charge is 0.394 e. The second kappa shape index (κ2) is 4.77. The van der Waals surface area contributed by atoms with E-state index < -0.39 is 35.8 Å². The molecule has 17 heavy (non-hydrogen) atoms. The van der Waals surface area contributed by atoms with Gasteiger partial charge in [-0.05, 0) is 0 Å². The number of aliphatic hydroxyl groups is 2. The Bertz CT molecular complexity index is 339. The van der Waals surface area contributed by atoms with Gasteiger partial charge in [0, 0.05) is 6.42 Å². The molecule has 0 aromatic carbocycles. The van der Waals surface area contributed by atoms with Crippen LogP contribution in [0.5, 0.6) is 0 Å². The van der Waals surface area contributed by atoms with Crippen molar-refractivity contribution in [1.82, 2.24) is 10.2 Å². The van der Waals surface area contributed by atoms with E-state index in [2.05, 4.69) is 5.32 Å². The van der Waals surface area contributed by atoms with Crippen LogP contribution in [-0.4, -0.2) is 64.0 Å². The van der Waals surface area contributed by atoms with Gasteiger partial charge < -0.3 is 14.9 Å². The highest BCUT2D eigenvalue weighted by Crippen LogP contribution is 2.25. The molecule has 0 saturated carbocycles. The standard InChI is InChI=1S/C9H13ClN2O5/c10-4-2-12(9(16)11-8(4)15)7-1-5(14)6(3-13)17-7/h4-7,13-14H,1-3H2,(H,11,15,16). The molecule has 2 heterocycles. The van der Waals surface area contributed by atoms with Crippen molar-refractivity contribution in [3.8, 4) is 0 Å². The molecule has 0 aromatic rings. The Kier molecular flexibility index (Phi) is 3.53. The zero-order valence-corrected chi connectivity index (χ0v) is 9.63. The molecular weight excluding hydrogens is 252 g/mol. The number of alkyl halides is 1. The molecule has 3 amide bonds. The predicted molar refractivity (Wildman–Crippen MR) is 56.3 cm³/mol. The topological polar surface area (TPSA) is 99.1 Å². The molecule has 2 saturated heterocycles. The molecule has 0 aromatic heterocycles. The van der Waals surface area contributed by atoms with Gasteiger partial charge in [0.15, 0.2) is 0 Å². The number of carbonyl (C=O) groups is 2. The second-order valence-corrected chi connectivity index (χ2v) is 4.56. The fourth-order valence-corrected chi connectivity index (χ4v) is 2.12. The maximum atomic E-state index is 11.6. The molecule has 7 nitrogen and oxygen atoms in total. The predicted octanol–water partition coefficient (Wildman–Crippen LogP) is -1.39. The number of aliphatic hydroxyl groups excluding tert-OH is 2. The molecule has 3 N–H and O–H groups in total. The van der Waals surface area contributed by atoms with Crippen LogP contribution in [0.15, 0.2) is 0 Å². The summed E-state index contributed by atoms with van der Waals surface area (Å²) in [6, 6.07) is -0.595. The van der Waals surface area contributed by atoms with E-state index in [1.54, 1.807) is 0 Å². The molecule has 4 atom stereocenters. The number of ether oxygens (including phenoxy) is 1. The van der Waals surface area contributed by atoms with E-state index in [1.807, 2.05) is 0 Å². The van der Waals surface area contributed by atoms with Crippen molar-refractivity contribution < 1.29 is 24.5 Å². The first-order chi connectivity index (χ1) is 8.02. The fraction of sp³-hybridized carbons (Fsp3) is 0.778. The lowest BCUT2D eigenvalue weighted by Gasteiger charge is -2.33. The van der Waals surface area contributed by atoms with Crippen LogP contribution in [0.25, 0.3) is 0 Å². The van der Waals surface area contributed by atoms with Crippen LogP contribution < -0.4 is 5.32 Å². The number of hydrogen-bond donors (Lipinski definition) is 3. The summed E-state index contributed by atoms with van der Waals surface area (Å²) in [5, 5.41) is 19.7. The summed E-state index contributed by atoms with van der Waals surface area (Å²) in [7, 11) is 0. The van der Waals surface area contributed by atoms with Crippen LogP contribution in [0.4, 0.5) is 4.79 Å². The number of nitrogens with zero attached hydrogens (tertiary/aromatic N) is 1. The number of halogens is 1. The summed E-state index contributed by atoms with van der Waals surface area (Å²) in [6.07, 6.45) is -2.02. The van der Waals surface area contributed by atoms with Gasteiger partial charge >= 0.3 is 6.03 Å². The number of urea groups is 1. The summed E-state index contributed by atoms with van der Waals surface area (Å²) in [5.41, 5.74) is 0. The third kappa shape index (κ3) is 2.37. The van der Waals surface area contributed by atoms with E-state index in [-0.39, 0.29) is 19.6 Å².